The largest absolute Gasteiger partial charge is 0.396 e. The number of carbonyl (C=O) groups is 1. The molecule has 7 heteroatoms. The Bertz CT molecular complexity index is 558. The summed E-state index contributed by atoms with van der Waals surface area (Å²) in [5.41, 5.74) is 0.748. The molecule has 1 atom stereocenters. The molecule has 0 saturated heterocycles. The van der Waals surface area contributed by atoms with E-state index >= 15 is 0 Å². The quantitative estimate of drug-likeness (QED) is 0.248. The van der Waals surface area contributed by atoms with Gasteiger partial charge in [0, 0.05) is 43.4 Å². The molecule has 1 aromatic rings. The van der Waals surface area contributed by atoms with Crippen molar-refractivity contribution in [3.63, 3.8) is 0 Å². The third-order valence-corrected chi connectivity index (χ3v) is 4.34. The van der Waals surface area contributed by atoms with Gasteiger partial charge in [0.25, 0.3) is 0 Å². The summed E-state index contributed by atoms with van der Waals surface area (Å²) in [5, 5.41) is 19.1. The van der Waals surface area contributed by atoms with Gasteiger partial charge in [0.15, 0.2) is 5.96 Å². The minimum atomic E-state index is -0.0213. The van der Waals surface area contributed by atoms with Crippen molar-refractivity contribution in [2.75, 3.05) is 31.6 Å². The van der Waals surface area contributed by atoms with Crippen molar-refractivity contribution in [2.45, 2.75) is 46.0 Å². The van der Waals surface area contributed by atoms with Gasteiger partial charge in [-0.05, 0) is 56.4 Å². The predicted octanol–water partition coefficient (Wildman–Crippen LogP) is 3.41. The Labute approximate surface area is 167 Å². The molecule has 0 bridgehead atoms. The molecule has 0 aliphatic carbocycles. The molecular weight excluding hydrogens is 364 g/mol. The fourth-order valence-electron chi connectivity index (χ4n) is 2.69. The number of aliphatic hydroxyl groups excluding tert-OH is 1. The van der Waals surface area contributed by atoms with Gasteiger partial charge in [-0.25, -0.2) is 0 Å². The van der Waals surface area contributed by atoms with Gasteiger partial charge in [-0.15, -0.1) is 0 Å². The lowest BCUT2D eigenvalue weighted by Crippen LogP contribution is -2.38. The molecule has 27 heavy (non-hydrogen) atoms. The van der Waals surface area contributed by atoms with Crippen molar-refractivity contribution < 1.29 is 9.90 Å². The number of guanidine groups is 1. The van der Waals surface area contributed by atoms with E-state index in [0.717, 1.165) is 37.5 Å². The maximum absolute atomic E-state index is 12.0. The molecule has 1 aromatic carbocycles. The molecule has 6 nitrogen and oxygen atoms in total. The topological polar surface area (TPSA) is 85.8 Å². The summed E-state index contributed by atoms with van der Waals surface area (Å²) >= 11 is 5.84. The summed E-state index contributed by atoms with van der Waals surface area (Å²) in [6.07, 6.45) is 4.07. The smallest absolute Gasteiger partial charge is 0.224 e. The highest BCUT2D eigenvalue weighted by Gasteiger charge is 2.07. The van der Waals surface area contributed by atoms with E-state index in [2.05, 4.69) is 27.9 Å². The van der Waals surface area contributed by atoms with Crippen LogP contribution in [0.3, 0.4) is 0 Å². The molecule has 0 spiro atoms. The van der Waals surface area contributed by atoms with Crippen molar-refractivity contribution in [3.8, 4) is 0 Å². The number of hydrogen-bond donors (Lipinski definition) is 4. The molecule has 1 amide bonds. The lowest BCUT2D eigenvalue weighted by molar-refractivity contribution is -0.116. The van der Waals surface area contributed by atoms with E-state index in [1.807, 2.05) is 6.92 Å². The van der Waals surface area contributed by atoms with Crippen molar-refractivity contribution in [1.82, 2.24) is 10.6 Å². The van der Waals surface area contributed by atoms with Crippen LogP contribution in [0, 0.1) is 5.92 Å². The van der Waals surface area contributed by atoms with Crippen LogP contribution in [-0.4, -0.2) is 43.2 Å². The highest BCUT2D eigenvalue weighted by molar-refractivity contribution is 6.30. The van der Waals surface area contributed by atoms with Crippen molar-refractivity contribution in [2.24, 2.45) is 10.9 Å². The number of rotatable bonds is 12. The number of aliphatic imine (C=N–C) groups is 1. The normalized spacial score (nSPS) is 12.5. The second kappa shape index (κ2) is 14.3. The van der Waals surface area contributed by atoms with Gasteiger partial charge in [0.2, 0.25) is 5.91 Å². The average molecular weight is 397 g/mol. The van der Waals surface area contributed by atoms with E-state index in [1.54, 1.807) is 24.3 Å². The number of benzene rings is 1. The number of nitrogens with one attached hydrogen (secondary N) is 3. The van der Waals surface area contributed by atoms with Crippen molar-refractivity contribution in [1.29, 1.82) is 0 Å². The van der Waals surface area contributed by atoms with Crippen LogP contribution in [0.25, 0.3) is 0 Å². The monoisotopic (exact) mass is 396 g/mol. The maximum atomic E-state index is 12.0. The third kappa shape index (κ3) is 10.8. The summed E-state index contributed by atoms with van der Waals surface area (Å²) in [6.45, 7) is 6.51. The fourth-order valence-corrected chi connectivity index (χ4v) is 2.82. The van der Waals surface area contributed by atoms with Crippen molar-refractivity contribution in [3.05, 3.63) is 29.3 Å². The molecule has 1 rings (SSSR count). The van der Waals surface area contributed by atoms with E-state index in [0.29, 0.717) is 36.9 Å². The lowest BCUT2D eigenvalue weighted by Gasteiger charge is -2.15. The van der Waals surface area contributed by atoms with Gasteiger partial charge in [-0.2, -0.15) is 0 Å². The van der Waals surface area contributed by atoms with E-state index < -0.39 is 0 Å². The first kappa shape index (κ1) is 23.2. The minimum absolute atomic E-state index is 0.0213. The molecule has 0 saturated carbocycles. The number of amides is 1. The molecule has 0 fully saturated rings. The van der Waals surface area contributed by atoms with Crippen LogP contribution >= 0.6 is 11.6 Å². The zero-order valence-corrected chi connectivity index (χ0v) is 17.2. The molecular formula is C20H33ClN4O2. The Kier molecular flexibility index (Phi) is 12.3. The van der Waals surface area contributed by atoms with E-state index in [1.165, 1.54) is 0 Å². The first-order valence-corrected chi connectivity index (χ1v) is 10.1. The Balaban J connectivity index is 2.35. The van der Waals surface area contributed by atoms with Crippen LogP contribution in [0.2, 0.25) is 5.02 Å². The highest BCUT2D eigenvalue weighted by atomic mass is 35.5. The molecule has 0 radical (unpaired) electrons. The Morgan fingerprint density at radius 1 is 1.19 bits per heavy atom. The van der Waals surface area contributed by atoms with Crippen LogP contribution in [0.4, 0.5) is 5.69 Å². The Hall–Kier alpha value is -1.79. The maximum Gasteiger partial charge on any atom is 0.224 e. The first-order valence-electron chi connectivity index (χ1n) is 9.77. The lowest BCUT2D eigenvalue weighted by atomic mass is 10.0. The van der Waals surface area contributed by atoms with Crippen LogP contribution < -0.4 is 16.0 Å². The molecule has 0 aliphatic heterocycles. The number of halogens is 1. The van der Waals surface area contributed by atoms with Gasteiger partial charge in [-0.1, -0.05) is 24.9 Å². The molecule has 4 N–H and O–H groups in total. The van der Waals surface area contributed by atoms with Gasteiger partial charge in [-0.3, -0.25) is 9.79 Å². The summed E-state index contributed by atoms with van der Waals surface area (Å²) in [4.78, 5) is 16.6. The van der Waals surface area contributed by atoms with E-state index in [-0.39, 0.29) is 12.5 Å². The zero-order valence-electron chi connectivity index (χ0n) is 16.4. The number of hydrogen-bond acceptors (Lipinski definition) is 3. The third-order valence-electron chi connectivity index (χ3n) is 4.09. The Morgan fingerprint density at radius 2 is 1.93 bits per heavy atom. The average Bonchev–Trinajstić information content (AvgIpc) is 2.65. The standard InChI is InChI=1S/C20H33ClN4O2/c1-3-6-16(12-14-26)15-24-20(22-4-2)23-13-5-7-19(27)25-18-10-8-17(21)9-11-18/h8-11,16,26H,3-7,12-15H2,1-2H3,(H,25,27)(H2,22,23,24). The van der Waals surface area contributed by atoms with Crippen molar-refractivity contribution >= 4 is 29.2 Å². The van der Waals surface area contributed by atoms with Gasteiger partial charge >= 0.3 is 0 Å². The van der Waals surface area contributed by atoms with Gasteiger partial charge in [0.05, 0.1) is 0 Å². The van der Waals surface area contributed by atoms with Crippen LogP contribution in [-0.2, 0) is 4.79 Å². The zero-order chi connectivity index (χ0) is 19.9. The molecule has 0 aromatic heterocycles. The number of anilines is 1. The summed E-state index contributed by atoms with van der Waals surface area (Å²) in [5.74, 6) is 1.14. The molecule has 1 unspecified atom stereocenters. The van der Waals surface area contributed by atoms with Crippen LogP contribution in [0.15, 0.2) is 29.3 Å². The van der Waals surface area contributed by atoms with Gasteiger partial charge in [0.1, 0.15) is 0 Å². The number of nitrogens with zero attached hydrogens (tertiary/aromatic N) is 1. The number of aliphatic hydroxyl groups is 1. The van der Waals surface area contributed by atoms with E-state index in [4.69, 9.17) is 16.7 Å². The fraction of sp³-hybridized carbons (Fsp3) is 0.600. The van der Waals surface area contributed by atoms with E-state index in [9.17, 15) is 4.79 Å². The van der Waals surface area contributed by atoms with Crippen LogP contribution in [0.1, 0.15) is 46.0 Å². The Morgan fingerprint density at radius 3 is 2.56 bits per heavy atom. The second-order valence-electron chi connectivity index (χ2n) is 6.47. The highest BCUT2D eigenvalue weighted by Crippen LogP contribution is 2.13. The molecule has 152 valence electrons. The summed E-state index contributed by atoms with van der Waals surface area (Å²) < 4.78 is 0. The number of carbonyl (C=O) groups excluding carboxylic acids is 1. The van der Waals surface area contributed by atoms with Crippen LogP contribution in [0.5, 0.6) is 0 Å². The molecule has 0 heterocycles. The summed E-state index contributed by atoms with van der Waals surface area (Å²) in [6, 6.07) is 7.07. The minimum Gasteiger partial charge on any atom is -0.396 e. The predicted molar refractivity (Wildman–Crippen MR) is 113 cm³/mol. The van der Waals surface area contributed by atoms with Gasteiger partial charge < -0.3 is 21.1 Å². The summed E-state index contributed by atoms with van der Waals surface area (Å²) in [7, 11) is 0. The molecule has 0 aliphatic rings. The first-order chi connectivity index (χ1) is 13.1. The second-order valence-corrected chi connectivity index (χ2v) is 6.91. The SMILES string of the molecule is CCCC(CCO)CN=C(NCC)NCCCC(=O)Nc1ccc(Cl)cc1.